The van der Waals surface area contributed by atoms with Gasteiger partial charge in [0.05, 0.1) is 6.04 Å². The first-order chi connectivity index (χ1) is 10.2. The number of nitrogens with zero attached hydrogens (tertiary/aromatic N) is 1. The Labute approximate surface area is 132 Å². The van der Waals surface area contributed by atoms with Gasteiger partial charge in [-0.2, -0.15) is 0 Å². The monoisotopic (exact) mass is 305 g/mol. The van der Waals surface area contributed by atoms with Crippen LogP contribution < -0.4 is 0 Å². The minimum absolute atomic E-state index is 0.0330. The maximum Gasteiger partial charge on any atom is 0.179 e. The molecule has 1 saturated carbocycles. The average Bonchev–Trinajstić information content (AvgIpc) is 2.53. The zero-order valence-electron chi connectivity index (χ0n) is 12.7. The molecule has 0 aromatic heterocycles. The molecule has 1 saturated heterocycles. The van der Waals surface area contributed by atoms with Crippen LogP contribution in [0.3, 0.4) is 0 Å². The van der Waals surface area contributed by atoms with Gasteiger partial charge in [0.15, 0.2) is 5.78 Å². The lowest BCUT2D eigenvalue weighted by Crippen LogP contribution is -2.53. The Morgan fingerprint density at radius 3 is 2.81 bits per heavy atom. The number of carbonyl (C=O) groups is 1. The summed E-state index contributed by atoms with van der Waals surface area (Å²) >= 11 is 6.02. The molecule has 3 heteroatoms. The van der Waals surface area contributed by atoms with Crippen LogP contribution in [-0.4, -0.2) is 29.3 Å². The molecule has 1 aromatic rings. The van der Waals surface area contributed by atoms with Gasteiger partial charge in [0.2, 0.25) is 0 Å². The summed E-state index contributed by atoms with van der Waals surface area (Å²) in [5, 5.41) is 0.641. The topological polar surface area (TPSA) is 20.3 Å². The van der Waals surface area contributed by atoms with Crippen molar-refractivity contribution in [2.75, 3.05) is 6.54 Å². The van der Waals surface area contributed by atoms with Crippen molar-refractivity contribution >= 4 is 17.4 Å². The number of Topliss-reactive ketones (excluding diaryl/α,β-unsaturated/α-hetero) is 1. The first-order valence-corrected chi connectivity index (χ1v) is 8.60. The van der Waals surface area contributed by atoms with Crippen molar-refractivity contribution in [2.45, 2.75) is 57.5 Å². The number of likely N-dealkylation sites (tertiary alicyclic amines) is 1. The SMILES string of the molecule is CC(C(=O)c1cccc(Cl)c1)N1CCC[C@H]2CCCC[C@H]21. The lowest BCUT2D eigenvalue weighted by Gasteiger charge is -2.46. The fraction of sp³-hybridized carbons (Fsp3) is 0.611. The molecule has 3 rings (SSSR count). The summed E-state index contributed by atoms with van der Waals surface area (Å²) in [6.07, 6.45) is 7.87. The van der Waals surface area contributed by atoms with Crippen molar-refractivity contribution < 1.29 is 4.79 Å². The molecule has 21 heavy (non-hydrogen) atoms. The Balaban J connectivity index is 1.77. The Hall–Kier alpha value is -0.860. The fourth-order valence-electron chi connectivity index (χ4n) is 4.18. The predicted octanol–water partition coefficient (Wildman–Crippen LogP) is 4.57. The third-order valence-corrected chi connectivity index (χ3v) is 5.51. The number of benzene rings is 1. The lowest BCUT2D eigenvalue weighted by atomic mass is 9.77. The number of carbonyl (C=O) groups excluding carboxylic acids is 1. The molecule has 0 spiro atoms. The molecule has 0 amide bonds. The first-order valence-electron chi connectivity index (χ1n) is 8.22. The second kappa shape index (κ2) is 6.50. The van der Waals surface area contributed by atoms with Gasteiger partial charge < -0.3 is 0 Å². The molecule has 1 unspecified atom stereocenters. The predicted molar refractivity (Wildman–Crippen MR) is 86.9 cm³/mol. The zero-order chi connectivity index (χ0) is 14.8. The molecule has 2 nitrogen and oxygen atoms in total. The number of halogens is 1. The molecule has 0 N–H and O–H groups in total. The van der Waals surface area contributed by atoms with E-state index in [2.05, 4.69) is 11.8 Å². The molecule has 2 aliphatic rings. The summed E-state index contributed by atoms with van der Waals surface area (Å²) in [4.78, 5) is 15.2. The van der Waals surface area contributed by atoms with Gasteiger partial charge in [-0.1, -0.05) is 36.6 Å². The molecule has 114 valence electrons. The zero-order valence-corrected chi connectivity index (χ0v) is 13.5. The lowest BCUT2D eigenvalue weighted by molar-refractivity contribution is 0.0297. The number of hydrogen-bond acceptors (Lipinski definition) is 2. The molecule has 0 bridgehead atoms. The molecule has 0 radical (unpaired) electrons. The van der Waals surface area contributed by atoms with Crippen molar-refractivity contribution in [1.82, 2.24) is 4.90 Å². The van der Waals surface area contributed by atoms with E-state index in [1.165, 1.54) is 38.5 Å². The second-order valence-corrected chi connectivity index (χ2v) is 6.98. The van der Waals surface area contributed by atoms with Gasteiger partial charge in [-0.3, -0.25) is 9.69 Å². The number of ketones is 1. The van der Waals surface area contributed by atoms with E-state index in [4.69, 9.17) is 11.6 Å². The van der Waals surface area contributed by atoms with Gasteiger partial charge in [-0.15, -0.1) is 0 Å². The van der Waals surface area contributed by atoms with E-state index in [9.17, 15) is 4.79 Å². The fourth-order valence-corrected chi connectivity index (χ4v) is 4.37. The minimum Gasteiger partial charge on any atom is -0.292 e. The summed E-state index contributed by atoms with van der Waals surface area (Å²) in [7, 11) is 0. The second-order valence-electron chi connectivity index (χ2n) is 6.54. The van der Waals surface area contributed by atoms with E-state index in [1.54, 1.807) is 6.07 Å². The summed E-state index contributed by atoms with van der Waals surface area (Å²) in [5.74, 6) is 1.02. The molecular weight excluding hydrogens is 282 g/mol. The number of rotatable bonds is 3. The van der Waals surface area contributed by atoms with Gasteiger partial charge in [-0.25, -0.2) is 0 Å². The number of hydrogen-bond donors (Lipinski definition) is 0. The molecule has 3 atom stereocenters. The average molecular weight is 306 g/mol. The van der Waals surface area contributed by atoms with E-state index in [1.807, 2.05) is 18.2 Å². The van der Waals surface area contributed by atoms with Crippen LogP contribution in [0.25, 0.3) is 0 Å². The highest BCUT2D eigenvalue weighted by molar-refractivity contribution is 6.31. The van der Waals surface area contributed by atoms with E-state index in [-0.39, 0.29) is 11.8 Å². The maximum absolute atomic E-state index is 12.8. The van der Waals surface area contributed by atoms with Crippen molar-refractivity contribution in [3.05, 3.63) is 34.9 Å². The van der Waals surface area contributed by atoms with Gasteiger partial charge >= 0.3 is 0 Å². The molecule has 2 fully saturated rings. The summed E-state index contributed by atoms with van der Waals surface area (Å²) in [5.41, 5.74) is 0.743. The van der Waals surface area contributed by atoms with Crippen molar-refractivity contribution in [3.8, 4) is 0 Å². The number of fused-ring (bicyclic) bond motifs is 1. The highest BCUT2D eigenvalue weighted by atomic mass is 35.5. The van der Waals surface area contributed by atoms with Crippen molar-refractivity contribution in [2.24, 2.45) is 5.92 Å². The van der Waals surface area contributed by atoms with Crippen LogP contribution in [0, 0.1) is 5.92 Å². The van der Waals surface area contributed by atoms with Gasteiger partial charge in [0.25, 0.3) is 0 Å². The van der Waals surface area contributed by atoms with E-state index >= 15 is 0 Å². The molecule has 1 aliphatic heterocycles. The molecule has 1 aromatic carbocycles. The van der Waals surface area contributed by atoms with Crippen molar-refractivity contribution in [1.29, 1.82) is 0 Å². The third kappa shape index (κ3) is 3.17. The third-order valence-electron chi connectivity index (χ3n) is 5.27. The van der Waals surface area contributed by atoms with Gasteiger partial charge in [-0.05, 0) is 57.2 Å². The van der Waals surface area contributed by atoms with Crippen LogP contribution >= 0.6 is 11.6 Å². The van der Waals surface area contributed by atoms with Crippen LogP contribution in [0.2, 0.25) is 5.02 Å². The van der Waals surface area contributed by atoms with Gasteiger partial charge in [0.1, 0.15) is 0 Å². The summed E-state index contributed by atoms with van der Waals surface area (Å²) < 4.78 is 0. The normalized spacial score (nSPS) is 27.9. The van der Waals surface area contributed by atoms with E-state index < -0.39 is 0 Å². The molecule has 1 heterocycles. The van der Waals surface area contributed by atoms with Crippen LogP contribution in [0.1, 0.15) is 55.8 Å². The Bertz CT molecular complexity index is 514. The Morgan fingerprint density at radius 2 is 2.00 bits per heavy atom. The first kappa shape index (κ1) is 15.1. The Morgan fingerprint density at radius 1 is 1.24 bits per heavy atom. The highest BCUT2D eigenvalue weighted by Gasteiger charge is 2.37. The quantitative estimate of drug-likeness (QED) is 0.763. The maximum atomic E-state index is 12.8. The van der Waals surface area contributed by atoms with Crippen molar-refractivity contribution in [3.63, 3.8) is 0 Å². The molecule has 1 aliphatic carbocycles. The largest absolute Gasteiger partial charge is 0.292 e. The molecular formula is C18H24ClNO. The number of piperidine rings is 1. The van der Waals surface area contributed by atoms with Crippen LogP contribution in [0.5, 0.6) is 0 Å². The van der Waals surface area contributed by atoms with Crippen LogP contribution in [0.15, 0.2) is 24.3 Å². The minimum atomic E-state index is -0.0330. The van der Waals surface area contributed by atoms with E-state index in [0.717, 1.165) is 18.0 Å². The highest BCUT2D eigenvalue weighted by Crippen LogP contribution is 2.36. The smallest absolute Gasteiger partial charge is 0.179 e. The van der Waals surface area contributed by atoms with Gasteiger partial charge in [0, 0.05) is 16.6 Å². The Kier molecular flexibility index (Phi) is 4.66. The summed E-state index contributed by atoms with van der Waals surface area (Å²) in [6, 6.07) is 7.94. The van der Waals surface area contributed by atoms with Crippen LogP contribution in [0.4, 0.5) is 0 Å². The van der Waals surface area contributed by atoms with Crippen LogP contribution in [-0.2, 0) is 0 Å². The van der Waals surface area contributed by atoms with E-state index in [0.29, 0.717) is 11.1 Å². The standard InChI is InChI=1S/C18H24ClNO/c1-13(18(21)15-7-4-9-16(19)12-15)20-11-5-8-14-6-2-3-10-17(14)20/h4,7,9,12-14,17H,2-3,5-6,8,10-11H2,1H3/t13?,14-,17-/m1/s1. The summed E-state index contributed by atoms with van der Waals surface area (Å²) in [6.45, 7) is 3.13.